The summed E-state index contributed by atoms with van der Waals surface area (Å²) < 4.78 is 18.6. The van der Waals surface area contributed by atoms with Crippen molar-refractivity contribution < 1.29 is 13.9 Å². The average Bonchev–Trinajstić information content (AvgIpc) is 2.49. The van der Waals surface area contributed by atoms with Crippen LogP contribution in [0.3, 0.4) is 0 Å². The minimum Gasteiger partial charge on any atom is -0.492 e. The molecule has 1 N–H and O–H groups in total. The molecule has 0 aliphatic carbocycles. The highest BCUT2D eigenvalue weighted by molar-refractivity contribution is 6.33. The number of amides is 1. The molecule has 1 aliphatic heterocycles. The lowest BCUT2D eigenvalue weighted by Crippen LogP contribution is -2.32. The fourth-order valence-electron chi connectivity index (χ4n) is 2.36. The molecule has 1 unspecified atom stereocenters. The number of carbonyl (C=O) groups is 1. The summed E-state index contributed by atoms with van der Waals surface area (Å²) in [6, 6.07) is 9.17. The summed E-state index contributed by atoms with van der Waals surface area (Å²) in [6.45, 7) is 0.277. The molecule has 0 bridgehead atoms. The maximum absolute atomic E-state index is 13.0. The summed E-state index contributed by atoms with van der Waals surface area (Å²) in [5.41, 5.74) is 1.27. The van der Waals surface area contributed by atoms with Crippen LogP contribution in [-0.2, 0) is 11.2 Å². The smallest absolute Gasteiger partial charge is 0.231 e. The zero-order chi connectivity index (χ0) is 15.7. The molecule has 0 fully saturated rings. The molecule has 0 aromatic heterocycles. The van der Waals surface area contributed by atoms with Crippen molar-refractivity contribution in [1.29, 1.82) is 0 Å². The lowest BCUT2D eigenvalue weighted by Gasteiger charge is -2.24. The van der Waals surface area contributed by atoms with E-state index in [1.165, 1.54) is 12.1 Å². The van der Waals surface area contributed by atoms with Gasteiger partial charge in [-0.25, -0.2) is 4.39 Å². The fourth-order valence-corrected chi connectivity index (χ4v) is 2.77. The number of nitrogens with one attached hydrogen (secondary N) is 1. The molecule has 22 heavy (non-hydrogen) atoms. The van der Waals surface area contributed by atoms with Gasteiger partial charge in [-0.2, -0.15) is 0 Å². The highest BCUT2D eigenvalue weighted by Crippen LogP contribution is 2.31. The lowest BCUT2D eigenvalue weighted by atomic mass is 9.96. The van der Waals surface area contributed by atoms with Crippen molar-refractivity contribution in [3.05, 3.63) is 57.8 Å². The van der Waals surface area contributed by atoms with Gasteiger partial charge in [0.15, 0.2) is 0 Å². The van der Waals surface area contributed by atoms with Gasteiger partial charge < -0.3 is 10.1 Å². The summed E-state index contributed by atoms with van der Waals surface area (Å²) in [4.78, 5) is 12.3. The first kappa shape index (κ1) is 15.1. The van der Waals surface area contributed by atoms with Crippen LogP contribution in [0.1, 0.15) is 5.56 Å². The van der Waals surface area contributed by atoms with Crippen LogP contribution in [0.25, 0.3) is 0 Å². The van der Waals surface area contributed by atoms with Crippen molar-refractivity contribution in [3.63, 3.8) is 0 Å². The third-order valence-electron chi connectivity index (χ3n) is 3.49. The highest BCUT2D eigenvalue weighted by atomic mass is 35.5. The third kappa shape index (κ3) is 3.18. The predicted molar refractivity (Wildman–Crippen MR) is 84.2 cm³/mol. The van der Waals surface area contributed by atoms with Crippen LogP contribution >= 0.6 is 23.2 Å². The third-order valence-corrected chi connectivity index (χ3v) is 4.04. The Morgan fingerprint density at radius 1 is 1.23 bits per heavy atom. The molecule has 1 amide bonds. The number of carbonyl (C=O) groups excluding carboxylic acids is 1. The zero-order valence-corrected chi connectivity index (χ0v) is 12.9. The van der Waals surface area contributed by atoms with Gasteiger partial charge in [-0.3, -0.25) is 4.79 Å². The number of benzene rings is 2. The van der Waals surface area contributed by atoms with Crippen molar-refractivity contribution in [2.75, 3.05) is 11.9 Å². The van der Waals surface area contributed by atoms with E-state index in [0.717, 1.165) is 17.4 Å². The second-order valence-electron chi connectivity index (χ2n) is 5.08. The number of ether oxygens (including phenoxy) is 1. The van der Waals surface area contributed by atoms with Gasteiger partial charge in [0.2, 0.25) is 5.91 Å². The van der Waals surface area contributed by atoms with Crippen LogP contribution in [0.15, 0.2) is 36.4 Å². The molecule has 114 valence electrons. The van der Waals surface area contributed by atoms with Crippen LogP contribution in [0, 0.1) is 11.7 Å². The standard InChI is InChI=1S/C16H12Cl2FNO2/c17-11-1-4-15-9(6-11)5-10(8-22-15)16(21)20-14-3-2-12(19)7-13(14)18/h1-4,6-7,10H,5,8H2,(H,20,21). The van der Waals surface area contributed by atoms with Crippen molar-refractivity contribution in [2.45, 2.75) is 6.42 Å². The van der Waals surface area contributed by atoms with E-state index in [1.807, 2.05) is 0 Å². The van der Waals surface area contributed by atoms with E-state index in [0.29, 0.717) is 17.1 Å². The Morgan fingerprint density at radius 2 is 2.05 bits per heavy atom. The SMILES string of the molecule is O=C(Nc1ccc(F)cc1Cl)C1COc2ccc(Cl)cc2C1. The molecular formula is C16H12Cl2FNO2. The number of hydrogen-bond donors (Lipinski definition) is 1. The second-order valence-corrected chi connectivity index (χ2v) is 5.92. The minimum atomic E-state index is -0.451. The maximum atomic E-state index is 13.0. The quantitative estimate of drug-likeness (QED) is 0.884. The van der Waals surface area contributed by atoms with E-state index in [1.54, 1.807) is 18.2 Å². The number of anilines is 1. The summed E-state index contributed by atoms with van der Waals surface area (Å²) in [5.74, 6) is -0.285. The molecule has 0 spiro atoms. The van der Waals surface area contributed by atoms with Gasteiger partial charge in [0.05, 0.1) is 16.6 Å². The molecule has 0 saturated heterocycles. The normalized spacial score (nSPS) is 16.6. The Labute approximate surface area is 137 Å². The van der Waals surface area contributed by atoms with Gasteiger partial charge in [-0.15, -0.1) is 0 Å². The monoisotopic (exact) mass is 339 g/mol. The van der Waals surface area contributed by atoms with Crippen LogP contribution in [0.4, 0.5) is 10.1 Å². The first-order valence-electron chi connectivity index (χ1n) is 6.70. The van der Waals surface area contributed by atoms with Crippen LogP contribution in [-0.4, -0.2) is 12.5 Å². The van der Waals surface area contributed by atoms with E-state index in [2.05, 4.69) is 5.32 Å². The van der Waals surface area contributed by atoms with Crippen molar-refractivity contribution in [3.8, 4) is 5.75 Å². The van der Waals surface area contributed by atoms with E-state index in [9.17, 15) is 9.18 Å². The number of hydrogen-bond acceptors (Lipinski definition) is 2. The predicted octanol–water partition coefficient (Wildman–Crippen LogP) is 4.32. The molecular weight excluding hydrogens is 328 g/mol. The van der Waals surface area contributed by atoms with E-state index in [4.69, 9.17) is 27.9 Å². The molecule has 1 heterocycles. The summed E-state index contributed by atoms with van der Waals surface area (Å²) >= 11 is 11.9. The van der Waals surface area contributed by atoms with Gasteiger partial charge in [-0.1, -0.05) is 23.2 Å². The molecule has 3 rings (SSSR count). The number of rotatable bonds is 2. The molecule has 6 heteroatoms. The Morgan fingerprint density at radius 3 is 2.82 bits per heavy atom. The highest BCUT2D eigenvalue weighted by Gasteiger charge is 2.26. The summed E-state index contributed by atoms with van der Waals surface area (Å²) in [6.07, 6.45) is 0.528. The first-order chi connectivity index (χ1) is 10.5. The maximum Gasteiger partial charge on any atom is 0.231 e. The Balaban J connectivity index is 1.74. The van der Waals surface area contributed by atoms with Gasteiger partial charge in [0, 0.05) is 5.02 Å². The van der Waals surface area contributed by atoms with Gasteiger partial charge in [0.1, 0.15) is 18.2 Å². The molecule has 0 saturated carbocycles. The number of halogens is 3. The number of fused-ring (bicyclic) bond motifs is 1. The lowest BCUT2D eigenvalue weighted by molar-refractivity contribution is -0.121. The fraction of sp³-hybridized carbons (Fsp3) is 0.188. The van der Waals surface area contributed by atoms with E-state index in [-0.39, 0.29) is 23.5 Å². The molecule has 2 aromatic carbocycles. The van der Waals surface area contributed by atoms with Gasteiger partial charge >= 0.3 is 0 Å². The molecule has 2 aromatic rings. The van der Waals surface area contributed by atoms with Crippen molar-refractivity contribution >= 4 is 34.8 Å². The van der Waals surface area contributed by atoms with Crippen LogP contribution in [0.2, 0.25) is 10.0 Å². The minimum absolute atomic E-state index is 0.161. The average molecular weight is 340 g/mol. The van der Waals surface area contributed by atoms with E-state index >= 15 is 0 Å². The van der Waals surface area contributed by atoms with Gasteiger partial charge in [-0.05, 0) is 48.4 Å². The van der Waals surface area contributed by atoms with Gasteiger partial charge in [0.25, 0.3) is 0 Å². The second kappa shape index (κ2) is 6.15. The zero-order valence-electron chi connectivity index (χ0n) is 11.4. The Hall–Kier alpha value is -1.78. The van der Waals surface area contributed by atoms with Crippen LogP contribution < -0.4 is 10.1 Å². The summed E-state index contributed by atoms with van der Waals surface area (Å²) in [7, 11) is 0. The molecule has 3 nitrogen and oxygen atoms in total. The van der Waals surface area contributed by atoms with Crippen molar-refractivity contribution in [1.82, 2.24) is 0 Å². The Bertz CT molecular complexity index is 736. The topological polar surface area (TPSA) is 38.3 Å². The van der Waals surface area contributed by atoms with Crippen LogP contribution in [0.5, 0.6) is 5.75 Å². The first-order valence-corrected chi connectivity index (χ1v) is 7.45. The largest absolute Gasteiger partial charge is 0.492 e. The molecule has 0 radical (unpaired) electrons. The van der Waals surface area contributed by atoms with Crippen molar-refractivity contribution in [2.24, 2.45) is 5.92 Å². The summed E-state index contributed by atoms with van der Waals surface area (Å²) in [5, 5.41) is 3.46. The molecule has 1 atom stereocenters. The Kier molecular flexibility index (Phi) is 4.23. The molecule has 1 aliphatic rings. The van der Waals surface area contributed by atoms with E-state index < -0.39 is 5.82 Å².